The first-order chi connectivity index (χ1) is 10.4. The van der Waals surface area contributed by atoms with Crippen molar-refractivity contribution in [2.45, 2.75) is 38.6 Å². The molecule has 6 nitrogen and oxygen atoms in total. The monoisotopic (exact) mass is 307 g/mol. The summed E-state index contributed by atoms with van der Waals surface area (Å²) in [5, 5.41) is 11.7. The third-order valence-corrected chi connectivity index (χ3v) is 3.24. The zero-order valence-electron chi connectivity index (χ0n) is 12.8. The molecular formula is C16H21NO5. The lowest BCUT2D eigenvalue weighted by atomic mass is 9.91. The van der Waals surface area contributed by atoms with E-state index in [1.807, 2.05) is 30.3 Å². The Hall–Kier alpha value is -2.37. The summed E-state index contributed by atoms with van der Waals surface area (Å²) in [6, 6.07) is 9.51. The lowest BCUT2D eigenvalue weighted by Gasteiger charge is -2.27. The van der Waals surface area contributed by atoms with Crippen LogP contribution in [0, 0.1) is 0 Å². The number of hydrogen-bond acceptors (Lipinski definition) is 4. The highest BCUT2D eigenvalue weighted by molar-refractivity contribution is 6.06. The topological polar surface area (TPSA) is 92.7 Å². The Morgan fingerprint density at radius 1 is 1.23 bits per heavy atom. The summed E-state index contributed by atoms with van der Waals surface area (Å²) >= 11 is 0. The standard InChI is InChI=1S/C16H21NO5/c1-3-22-15(21)16(14(19)20,17-12(2)18)11-7-10-13-8-5-4-6-9-13/h4-6,8-9H,3,7,10-11H2,1-2H3,(H,17,18)(H,19,20). The van der Waals surface area contributed by atoms with Gasteiger partial charge in [0.2, 0.25) is 11.4 Å². The second-order valence-corrected chi connectivity index (χ2v) is 4.95. The molecule has 1 rings (SSSR count). The molecule has 0 aromatic heterocycles. The van der Waals surface area contributed by atoms with Crippen molar-refractivity contribution < 1.29 is 24.2 Å². The molecule has 1 atom stereocenters. The maximum absolute atomic E-state index is 12.1. The van der Waals surface area contributed by atoms with Crippen LogP contribution in [0.2, 0.25) is 0 Å². The number of rotatable bonds is 8. The van der Waals surface area contributed by atoms with Crippen LogP contribution in [-0.4, -0.2) is 35.1 Å². The molecule has 22 heavy (non-hydrogen) atoms. The molecular weight excluding hydrogens is 286 g/mol. The zero-order chi connectivity index (χ0) is 16.6. The Labute approximate surface area is 129 Å². The molecule has 1 unspecified atom stereocenters. The summed E-state index contributed by atoms with van der Waals surface area (Å²) in [4.78, 5) is 35.0. The number of nitrogens with one attached hydrogen (secondary N) is 1. The van der Waals surface area contributed by atoms with Gasteiger partial charge in [-0.2, -0.15) is 0 Å². The van der Waals surface area contributed by atoms with Crippen molar-refractivity contribution in [1.29, 1.82) is 0 Å². The first-order valence-corrected chi connectivity index (χ1v) is 7.15. The Balaban J connectivity index is 2.86. The minimum absolute atomic E-state index is 0.0321. The summed E-state index contributed by atoms with van der Waals surface area (Å²) in [7, 11) is 0. The van der Waals surface area contributed by atoms with Crippen molar-refractivity contribution >= 4 is 17.8 Å². The van der Waals surface area contributed by atoms with Crippen LogP contribution in [0.1, 0.15) is 32.3 Å². The van der Waals surface area contributed by atoms with Crippen LogP contribution in [0.25, 0.3) is 0 Å². The third kappa shape index (κ3) is 4.58. The van der Waals surface area contributed by atoms with Gasteiger partial charge in [-0.15, -0.1) is 0 Å². The summed E-state index contributed by atoms with van der Waals surface area (Å²) in [6.07, 6.45) is 1.000. The summed E-state index contributed by atoms with van der Waals surface area (Å²) in [5.74, 6) is -2.94. The number of benzene rings is 1. The molecule has 0 saturated heterocycles. The zero-order valence-corrected chi connectivity index (χ0v) is 12.8. The number of amides is 1. The number of hydrogen-bond donors (Lipinski definition) is 2. The highest BCUT2D eigenvalue weighted by Gasteiger charge is 2.48. The average molecular weight is 307 g/mol. The molecule has 0 fully saturated rings. The van der Waals surface area contributed by atoms with Crippen LogP contribution >= 0.6 is 0 Å². The van der Waals surface area contributed by atoms with E-state index in [0.29, 0.717) is 12.8 Å². The van der Waals surface area contributed by atoms with E-state index in [9.17, 15) is 19.5 Å². The number of esters is 1. The van der Waals surface area contributed by atoms with E-state index in [0.717, 1.165) is 5.56 Å². The fraction of sp³-hybridized carbons (Fsp3) is 0.438. The predicted octanol–water partition coefficient (Wildman–Crippen LogP) is 1.53. The number of aryl methyl sites for hydroxylation is 1. The Morgan fingerprint density at radius 3 is 2.36 bits per heavy atom. The van der Waals surface area contributed by atoms with Crippen LogP contribution in [0.4, 0.5) is 0 Å². The number of carbonyl (C=O) groups is 3. The van der Waals surface area contributed by atoms with Crippen molar-refractivity contribution in [3.63, 3.8) is 0 Å². The van der Waals surface area contributed by atoms with Crippen molar-refractivity contribution in [3.8, 4) is 0 Å². The third-order valence-electron chi connectivity index (χ3n) is 3.24. The largest absolute Gasteiger partial charge is 0.479 e. The van der Waals surface area contributed by atoms with E-state index in [4.69, 9.17) is 4.74 Å². The smallest absolute Gasteiger partial charge is 0.343 e. The SMILES string of the molecule is CCOC(=O)C(CCCc1ccccc1)(NC(C)=O)C(=O)O. The Kier molecular flexibility index (Phi) is 6.56. The molecule has 1 aromatic rings. The van der Waals surface area contributed by atoms with E-state index in [2.05, 4.69) is 5.32 Å². The second kappa shape index (κ2) is 8.17. The van der Waals surface area contributed by atoms with Crippen LogP contribution < -0.4 is 5.32 Å². The van der Waals surface area contributed by atoms with Crippen molar-refractivity contribution in [2.24, 2.45) is 0 Å². The minimum Gasteiger partial charge on any atom is -0.479 e. The van der Waals surface area contributed by atoms with Gasteiger partial charge in [-0.1, -0.05) is 30.3 Å². The molecule has 0 spiro atoms. The maximum Gasteiger partial charge on any atom is 0.343 e. The van der Waals surface area contributed by atoms with E-state index in [-0.39, 0.29) is 13.0 Å². The van der Waals surface area contributed by atoms with Crippen LogP contribution in [0.3, 0.4) is 0 Å². The Morgan fingerprint density at radius 2 is 1.86 bits per heavy atom. The summed E-state index contributed by atoms with van der Waals surface area (Å²) in [6.45, 7) is 2.81. The van der Waals surface area contributed by atoms with Crippen LogP contribution in [0.5, 0.6) is 0 Å². The van der Waals surface area contributed by atoms with Gasteiger partial charge >= 0.3 is 11.9 Å². The predicted molar refractivity (Wildman–Crippen MR) is 80.2 cm³/mol. The number of carboxylic acids is 1. The summed E-state index contributed by atoms with van der Waals surface area (Å²) in [5.41, 5.74) is -0.996. The molecule has 0 bridgehead atoms. The first-order valence-electron chi connectivity index (χ1n) is 7.15. The molecule has 0 aliphatic carbocycles. The fourth-order valence-electron chi connectivity index (χ4n) is 2.22. The number of carboxylic acid groups (broad SMARTS) is 1. The minimum atomic E-state index is -2.03. The van der Waals surface area contributed by atoms with Gasteiger partial charge in [0.05, 0.1) is 6.61 Å². The summed E-state index contributed by atoms with van der Waals surface area (Å²) < 4.78 is 4.84. The molecule has 1 aromatic carbocycles. The van der Waals surface area contributed by atoms with Gasteiger partial charge in [-0.05, 0) is 31.7 Å². The molecule has 1 amide bonds. The highest BCUT2D eigenvalue weighted by Crippen LogP contribution is 2.18. The molecule has 0 aliphatic heterocycles. The van der Waals surface area contributed by atoms with Gasteiger partial charge in [-0.3, -0.25) is 4.79 Å². The van der Waals surface area contributed by atoms with E-state index in [1.54, 1.807) is 6.92 Å². The molecule has 0 saturated carbocycles. The molecule has 0 radical (unpaired) electrons. The highest BCUT2D eigenvalue weighted by atomic mass is 16.5. The van der Waals surface area contributed by atoms with Crippen LogP contribution in [0.15, 0.2) is 30.3 Å². The van der Waals surface area contributed by atoms with E-state index in [1.165, 1.54) is 6.92 Å². The lowest BCUT2D eigenvalue weighted by Crippen LogP contribution is -2.60. The maximum atomic E-state index is 12.1. The van der Waals surface area contributed by atoms with Gasteiger partial charge in [0, 0.05) is 6.92 Å². The molecule has 0 aliphatic rings. The van der Waals surface area contributed by atoms with Crippen molar-refractivity contribution in [3.05, 3.63) is 35.9 Å². The molecule has 0 heterocycles. The Bertz CT molecular complexity index is 529. The van der Waals surface area contributed by atoms with Gasteiger partial charge in [-0.25, -0.2) is 9.59 Å². The van der Waals surface area contributed by atoms with E-state index < -0.39 is 23.4 Å². The normalized spacial score (nSPS) is 13.0. The number of ether oxygens (including phenoxy) is 1. The molecule has 120 valence electrons. The van der Waals surface area contributed by atoms with Gasteiger partial charge in [0.1, 0.15) is 0 Å². The average Bonchev–Trinajstić information content (AvgIpc) is 2.46. The first kappa shape index (κ1) is 17.7. The van der Waals surface area contributed by atoms with Gasteiger partial charge in [0.15, 0.2) is 0 Å². The van der Waals surface area contributed by atoms with Gasteiger partial charge in [0.25, 0.3) is 0 Å². The fourth-order valence-corrected chi connectivity index (χ4v) is 2.22. The number of aliphatic carboxylic acids is 1. The number of carbonyl (C=O) groups excluding carboxylic acids is 2. The molecule has 6 heteroatoms. The quantitative estimate of drug-likeness (QED) is 0.561. The second-order valence-electron chi connectivity index (χ2n) is 4.95. The molecule has 2 N–H and O–H groups in total. The van der Waals surface area contributed by atoms with Gasteiger partial charge < -0.3 is 15.2 Å². The van der Waals surface area contributed by atoms with Crippen molar-refractivity contribution in [1.82, 2.24) is 5.32 Å². The van der Waals surface area contributed by atoms with Crippen molar-refractivity contribution in [2.75, 3.05) is 6.61 Å². The van der Waals surface area contributed by atoms with Crippen LogP contribution in [-0.2, 0) is 25.5 Å². The lowest BCUT2D eigenvalue weighted by molar-refractivity contribution is -0.165. The van der Waals surface area contributed by atoms with E-state index >= 15 is 0 Å².